The van der Waals surface area contributed by atoms with E-state index in [4.69, 9.17) is 29.0 Å². The summed E-state index contributed by atoms with van der Waals surface area (Å²) in [6.45, 7) is 9.09. The first-order valence-electron chi connectivity index (χ1n) is 13.6. The van der Waals surface area contributed by atoms with Crippen LogP contribution in [0.15, 0.2) is 60.8 Å². The van der Waals surface area contributed by atoms with Gasteiger partial charge < -0.3 is 18.9 Å². The summed E-state index contributed by atoms with van der Waals surface area (Å²) in [5.41, 5.74) is 7.04. The van der Waals surface area contributed by atoms with Crippen LogP contribution in [-0.2, 0) is 4.74 Å². The largest absolute Gasteiger partial charge is 0.497 e. The third-order valence-corrected chi connectivity index (χ3v) is 7.65. The maximum atomic E-state index is 6.13. The molecule has 1 aliphatic rings. The van der Waals surface area contributed by atoms with Crippen LogP contribution in [0, 0.1) is 13.8 Å². The number of rotatable bonds is 8. The van der Waals surface area contributed by atoms with Crippen molar-refractivity contribution in [3.8, 4) is 34.2 Å². The van der Waals surface area contributed by atoms with Crippen molar-refractivity contribution >= 4 is 21.8 Å². The van der Waals surface area contributed by atoms with E-state index in [2.05, 4.69) is 36.9 Å². The number of fused-ring (bicyclic) bond motifs is 3. The van der Waals surface area contributed by atoms with Gasteiger partial charge in [0.25, 0.3) is 0 Å². The summed E-state index contributed by atoms with van der Waals surface area (Å²) in [6.07, 6.45) is 1.91. The van der Waals surface area contributed by atoms with E-state index >= 15 is 0 Å². The third kappa shape index (κ3) is 4.96. The number of methoxy groups -OCH3 is 2. The molecule has 2 aromatic heterocycles. The molecular formula is C32H34N4O4. The number of benzene rings is 3. The fourth-order valence-electron chi connectivity index (χ4n) is 5.19. The van der Waals surface area contributed by atoms with Crippen LogP contribution in [0.1, 0.15) is 11.1 Å². The molecule has 5 aromatic rings. The molecule has 206 valence electrons. The highest BCUT2D eigenvalue weighted by atomic mass is 16.5. The predicted molar refractivity (Wildman–Crippen MR) is 157 cm³/mol. The maximum Gasteiger partial charge on any atom is 0.161 e. The van der Waals surface area contributed by atoms with Crippen LogP contribution in [0.5, 0.6) is 17.2 Å². The average molecular weight is 539 g/mol. The van der Waals surface area contributed by atoms with Crippen LogP contribution in [-0.4, -0.2) is 73.3 Å². The highest BCUT2D eigenvalue weighted by Gasteiger charge is 2.20. The number of ether oxygens (including phenoxy) is 4. The summed E-state index contributed by atoms with van der Waals surface area (Å²) in [7, 11) is 3.35. The van der Waals surface area contributed by atoms with Crippen LogP contribution in [0.2, 0.25) is 0 Å². The van der Waals surface area contributed by atoms with Gasteiger partial charge in [0, 0.05) is 42.2 Å². The number of nitrogens with zero attached hydrogens (tertiary/aromatic N) is 4. The Morgan fingerprint density at radius 2 is 1.70 bits per heavy atom. The van der Waals surface area contributed by atoms with Gasteiger partial charge in [-0.05, 0) is 73.5 Å². The van der Waals surface area contributed by atoms with Crippen molar-refractivity contribution in [2.75, 3.05) is 53.7 Å². The van der Waals surface area contributed by atoms with Gasteiger partial charge in [-0.1, -0.05) is 6.07 Å². The first-order valence-corrected chi connectivity index (χ1v) is 13.6. The minimum absolute atomic E-state index is 0.581. The summed E-state index contributed by atoms with van der Waals surface area (Å²) in [5, 5.41) is 7.08. The first-order chi connectivity index (χ1) is 19.6. The van der Waals surface area contributed by atoms with Gasteiger partial charge in [-0.3, -0.25) is 9.88 Å². The van der Waals surface area contributed by atoms with Crippen molar-refractivity contribution in [2.45, 2.75) is 13.8 Å². The normalized spacial score (nSPS) is 14.1. The Balaban J connectivity index is 1.43. The number of hydrogen-bond acceptors (Lipinski definition) is 7. The van der Waals surface area contributed by atoms with Crippen molar-refractivity contribution in [3.63, 3.8) is 0 Å². The van der Waals surface area contributed by atoms with E-state index < -0.39 is 0 Å². The number of aromatic nitrogens is 3. The van der Waals surface area contributed by atoms with Gasteiger partial charge in [0.15, 0.2) is 11.5 Å². The summed E-state index contributed by atoms with van der Waals surface area (Å²) in [4.78, 5) is 7.13. The molecule has 6 rings (SSSR count). The number of pyridine rings is 1. The minimum atomic E-state index is 0.581. The molecule has 1 aliphatic heterocycles. The smallest absolute Gasteiger partial charge is 0.161 e. The van der Waals surface area contributed by atoms with Crippen molar-refractivity contribution in [1.29, 1.82) is 0 Å². The number of aryl methyl sites for hydroxylation is 2. The van der Waals surface area contributed by atoms with E-state index in [1.54, 1.807) is 14.2 Å². The SMILES string of the molecule is COc1ccc2ncc3c(-c4ccc(OCCN5CCOCC5)c(OC)c4)nn(-c4ccc(C)c(C)c4)c3c2c1. The van der Waals surface area contributed by atoms with E-state index in [1.807, 2.05) is 47.3 Å². The molecule has 0 N–H and O–H groups in total. The van der Waals surface area contributed by atoms with E-state index in [0.29, 0.717) is 18.1 Å². The number of hydrogen-bond donors (Lipinski definition) is 0. The first kappa shape index (κ1) is 26.1. The molecule has 8 nitrogen and oxygen atoms in total. The molecule has 0 aliphatic carbocycles. The zero-order valence-electron chi connectivity index (χ0n) is 23.4. The zero-order valence-corrected chi connectivity index (χ0v) is 23.4. The molecule has 8 heteroatoms. The lowest BCUT2D eigenvalue weighted by atomic mass is 10.1. The van der Waals surface area contributed by atoms with Gasteiger partial charge in [0.2, 0.25) is 0 Å². The van der Waals surface area contributed by atoms with Gasteiger partial charge in [-0.25, -0.2) is 4.68 Å². The summed E-state index contributed by atoms with van der Waals surface area (Å²) in [5.74, 6) is 2.16. The number of morpholine rings is 1. The van der Waals surface area contributed by atoms with Crippen LogP contribution >= 0.6 is 0 Å². The fraction of sp³-hybridized carbons (Fsp3) is 0.312. The molecule has 1 saturated heterocycles. The lowest BCUT2D eigenvalue weighted by Gasteiger charge is -2.26. The van der Waals surface area contributed by atoms with Gasteiger partial charge in [-0.15, -0.1) is 0 Å². The second-order valence-electron chi connectivity index (χ2n) is 10.1. The zero-order chi connectivity index (χ0) is 27.6. The Labute approximate surface area is 234 Å². The molecule has 1 fully saturated rings. The minimum Gasteiger partial charge on any atom is -0.497 e. The van der Waals surface area contributed by atoms with E-state index in [1.165, 1.54) is 11.1 Å². The van der Waals surface area contributed by atoms with Crippen molar-refractivity contribution in [3.05, 3.63) is 71.9 Å². The van der Waals surface area contributed by atoms with Crippen LogP contribution in [0.3, 0.4) is 0 Å². The van der Waals surface area contributed by atoms with Crippen molar-refractivity contribution < 1.29 is 18.9 Å². The highest BCUT2D eigenvalue weighted by Crippen LogP contribution is 2.38. The second-order valence-corrected chi connectivity index (χ2v) is 10.1. The van der Waals surface area contributed by atoms with Crippen molar-refractivity contribution in [1.82, 2.24) is 19.7 Å². The van der Waals surface area contributed by atoms with Gasteiger partial charge in [0.1, 0.15) is 18.1 Å². The second kappa shape index (κ2) is 11.2. The van der Waals surface area contributed by atoms with E-state index in [9.17, 15) is 0 Å². The molecule has 0 spiro atoms. The monoisotopic (exact) mass is 538 g/mol. The van der Waals surface area contributed by atoms with Crippen LogP contribution in [0.25, 0.3) is 38.8 Å². The van der Waals surface area contributed by atoms with Crippen LogP contribution < -0.4 is 14.2 Å². The van der Waals surface area contributed by atoms with Gasteiger partial charge >= 0.3 is 0 Å². The molecule has 0 amide bonds. The van der Waals surface area contributed by atoms with Gasteiger partial charge in [-0.2, -0.15) is 5.10 Å². The summed E-state index contributed by atoms with van der Waals surface area (Å²) in [6, 6.07) is 18.3. The molecule has 0 saturated carbocycles. The van der Waals surface area contributed by atoms with E-state index in [-0.39, 0.29) is 0 Å². The molecule has 40 heavy (non-hydrogen) atoms. The lowest BCUT2D eigenvalue weighted by Crippen LogP contribution is -2.38. The van der Waals surface area contributed by atoms with E-state index in [0.717, 1.165) is 77.3 Å². The van der Waals surface area contributed by atoms with Crippen LogP contribution in [0.4, 0.5) is 0 Å². The maximum absolute atomic E-state index is 6.13. The molecule has 0 atom stereocenters. The summed E-state index contributed by atoms with van der Waals surface area (Å²) < 4.78 is 24.9. The van der Waals surface area contributed by atoms with Gasteiger partial charge in [0.05, 0.1) is 44.2 Å². The fourth-order valence-corrected chi connectivity index (χ4v) is 5.19. The van der Waals surface area contributed by atoms with Crippen molar-refractivity contribution in [2.24, 2.45) is 0 Å². The standard InChI is InChI=1S/C32H34N4O4/c1-21-5-7-24(17-22(21)2)36-32-26-19-25(37-3)8-9-28(26)33-20-27(32)31(34-36)23-6-10-29(30(18-23)38-4)40-16-13-35-11-14-39-15-12-35/h5-10,17-20H,11-16H2,1-4H3. The Hall–Kier alpha value is -4.14. The molecule has 0 radical (unpaired) electrons. The Kier molecular flexibility index (Phi) is 7.28. The highest BCUT2D eigenvalue weighted by molar-refractivity contribution is 6.09. The Morgan fingerprint density at radius 1 is 0.850 bits per heavy atom. The Morgan fingerprint density at radius 3 is 2.48 bits per heavy atom. The molecule has 3 aromatic carbocycles. The quantitative estimate of drug-likeness (QED) is 0.255. The summed E-state index contributed by atoms with van der Waals surface area (Å²) >= 11 is 0. The molecule has 0 unspecified atom stereocenters. The average Bonchev–Trinajstić information content (AvgIpc) is 3.39. The molecular weight excluding hydrogens is 504 g/mol. The molecule has 3 heterocycles. The third-order valence-electron chi connectivity index (χ3n) is 7.65. The lowest BCUT2D eigenvalue weighted by molar-refractivity contribution is 0.0321. The topological polar surface area (TPSA) is 70.9 Å². The molecule has 0 bridgehead atoms. The predicted octanol–water partition coefficient (Wildman–Crippen LogP) is 5.59. The Bertz CT molecular complexity index is 1670.